The fourth-order valence-electron chi connectivity index (χ4n) is 3.83. The molecule has 1 N–H and O–H groups in total. The lowest BCUT2D eigenvalue weighted by atomic mass is 9.72. The van der Waals surface area contributed by atoms with Gasteiger partial charge < -0.3 is 5.32 Å². The van der Waals surface area contributed by atoms with Crippen LogP contribution in [-0.2, 0) is 4.79 Å². The summed E-state index contributed by atoms with van der Waals surface area (Å²) >= 11 is 3.22. The third kappa shape index (κ3) is 2.97. The number of nitrogens with zero attached hydrogens (tertiary/aromatic N) is 3. The molecule has 2 aliphatic rings. The number of thioether (sulfide) groups is 2. The van der Waals surface area contributed by atoms with E-state index in [9.17, 15) is 4.79 Å². The first-order valence-corrected chi connectivity index (χ1v) is 11.0. The monoisotopic (exact) mass is 386 g/mol. The summed E-state index contributed by atoms with van der Waals surface area (Å²) in [6, 6.07) is 8.27. The Morgan fingerprint density at radius 1 is 1.19 bits per heavy atom. The Kier molecular flexibility index (Phi) is 4.39. The Morgan fingerprint density at radius 3 is 2.58 bits per heavy atom. The molecule has 2 heterocycles. The van der Waals surface area contributed by atoms with Crippen molar-refractivity contribution in [3.63, 3.8) is 0 Å². The van der Waals surface area contributed by atoms with Crippen LogP contribution in [0, 0.1) is 11.3 Å². The van der Waals surface area contributed by atoms with Crippen LogP contribution in [-0.4, -0.2) is 33.1 Å². The van der Waals surface area contributed by atoms with E-state index in [2.05, 4.69) is 65.8 Å². The highest BCUT2D eigenvalue weighted by Gasteiger charge is 2.45. The summed E-state index contributed by atoms with van der Waals surface area (Å²) in [7, 11) is 0. The summed E-state index contributed by atoms with van der Waals surface area (Å²) in [6.45, 7) is 4.20. The Morgan fingerprint density at radius 2 is 1.92 bits per heavy atom. The van der Waals surface area contributed by atoms with Crippen molar-refractivity contribution in [2.24, 2.45) is 11.3 Å². The van der Waals surface area contributed by atoms with Crippen molar-refractivity contribution in [2.75, 3.05) is 17.8 Å². The molecule has 26 heavy (non-hydrogen) atoms. The van der Waals surface area contributed by atoms with Gasteiger partial charge in [0.05, 0.1) is 12.0 Å². The molecule has 7 heteroatoms. The summed E-state index contributed by atoms with van der Waals surface area (Å²) in [6.07, 6.45) is 6.76. The van der Waals surface area contributed by atoms with E-state index in [1.807, 2.05) is 10.9 Å². The molecule has 136 valence electrons. The number of aromatic nitrogens is 3. The zero-order chi connectivity index (χ0) is 18.5. The van der Waals surface area contributed by atoms with Crippen LogP contribution in [0.5, 0.6) is 0 Å². The van der Waals surface area contributed by atoms with Crippen molar-refractivity contribution in [2.45, 2.75) is 36.4 Å². The van der Waals surface area contributed by atoms with E-state index in [-0.39, 0.29) is 23.2 Å². The number of nitrogens with one attached hydrogen (secondary N) is 1. The number of benzene rings is 1. The number of hydrogen-bond acceptors (Lipinski definition) is 6. The lowest BCUT2D eigenvalue weighted by Crippen LogP contribution is -2.42. The number of rotatable bonds is 3. The van der Waals surface area contributed by atoms with E-state index in [4.69, 9.17) is 0 Å². The first kappa shape index (κ1) is 17.7. The molecule has 1 aromatic carbocycles. The molecule has 5 nitrogen and oxygen atoms in total. The molecule has 4 rings (SSSR count). The highest BCUT2D eigenvalue weighted by Crippen LogP contribution is 2.45. The minimum absolute atomic E-state index is 0.145. The van der Waals surface area contributed by atoms with E-state index in [0.29, 0.717) is 17.5 Å². The highest BCUT2D eigenvalue weighted by molar-refractivity contribution is 7.98. The Labute approximate surface area is 162 Å². The molecule has 0 saturated carbocycles. The van der Waals surface area contributed by atoms with Gasteiger partial charge >= 0.3 is 0 Å². The number of anilines is 1. The number of allylic oxidation sites excluding steroid dienone is 2. The van der Waals surface area contributed by atoms with Gasteiger partial charge in [-0.05, 0) is 35.6 Å². The molecule has 0 saturated heterocycles. The zero-order valence-corrected chi connectivity index (χ0v) is 16.9. The number of fused-ring (bicyclic) bond motifs is 2. The first-order chi connectivity index (χ1) is 12.4. The van der Waals surface area contributed by atoms with Gasteiger partial charge in [0.1, 0.15) is 5.78 Å². The molecule has 0 unspecified atom stereocenters. The van der Waals surface area contributed by atoms with Gasteiger partial charge in [-0.2, -0.15) is 4.98 Å². The van der Waals surface area contributed by atoms with Gasteiger partial charge in [-0.3, -0.25) is 4.79 Å². The summed E-state index contributed by atoms with van der Waals surface area (Å²) in [4.78, 5) is 18.9. The van der Waals surface area contributed by atoms with Crippen LogP contribution in [0.25, 0.3) is 0 Å². The smallest absolute Gasteiger partial charge is 0.227 e. The van der Waals surface area contributed by atoms with E-state index in [0.717, 1.165) is 11.3 Å². The molecule has 2 atom stereocenters. The van der Waals surface area contributed by atoms with E-state index >= 15 is 0 Å². The van der Waals surface area contributed by atoms with Gasteiger partial charge in [0.2, 0.25) is 11.1 Å². The lowest BCUT2D eigenvalue weighted by molar-refractivity contribution is -0.125. The van der Waals surface area contributed by atoms with Crippen LogP contribution in [0.15, 0.2) is 46.1 Å². The second-order valence-corrected chi connectivity index (χ2v) is 9.07. The van der Waals surface area contributed by atoms with Crippen LogP contribution in [0.4, 0.5) is 5.95 Å². The lowest BCUT2D eigenvalue weighted by Gasteiger charge is -2.40. The molecular weight excluding hydrogens is 364 g/mol. The van der Waals surface area contributed by atoms with E-state index in [1.54, 1.807) is 11.8 Å². The number of hydrogen-bond donors (Lipinski definition) is 1. The molecule has 0 spiro atoms. The normalized spacial score (nSPS) is 23.7. The predicted molar refractivity (Wildman–Crippen MR) is 107 cm³/mol. The van der Waals surface area contributed by atoms with Crippen molar-refractivity contribution in [1.82, 2.24) is 14.8 Å². The maximum absolute atomic E-state index is 13.1. The number of carbonyl (C=O) groups is 1. The van der Waals surface area contributed by atoms with Gasteiger partial charge in [0.25, 0.3) is 0 Å². The number of Topliss-reactive ketones (excluding diaryl/α,β-unsaturated/α-hetero) is 1. The van der Waals surface area contributed by atoms with Gasteiger partial charge in [-0.1, -0.05) is 43.8 Å². The van der Waals surface area contributed by atoms with Gasteiger partial charge in [0, 0.05) is 17.0 Å². The van der Waals surface area contributed by atoms with Crippen molar-refractivity contribution >= 4 is 35.3 Å². The standard InChI is InChI=1S/C19H22N4OS2/c1-19(2)9-13-15(14(24)10-19)16(11-5-7-12(25-3)8-6-11)23-17(20-13)21-18(22-23)26-4/h5-9,15-16H,10H2,1-4H3,(H,20,21,22)/t15-,16-/m1/s1. The van der Waals surface area contributed by atoms with E-state index < -0.39 is 0 Å². The average Bonchev–Trinajstić information content (AvgIpc) is 3.01. The molecule has 0 bridgehead atoms. The minimum atomic E-state index is -0.243. The summed E-state index contributed by atoms with van der Waals surface area (Å²) in [5.41, 5.74) is 1.90. The van der Waals surface area contributed by atoms with Crippen LogP contribution < -0.4 is 5.32 Å². The third-order valence-corrected chi connectivity index (χ3v) is 6.23. The van der Waals surface area contributed by atoms with Crippen molar-refractivity contribution in [3.05, 3.63) is 41.6 Å². The SMILES string of the molecule is CSc1ccc([C@@H]2[C@H]3C(=O)CC(C)(C)C=C3Nc3nc(SC)nn32)cc1. The number of carbonyl (C=O) groups excluding carboxylic acids is 1. The molecule has 1 aromatic heterocycles. The molecule has 2 aromatic rings. The summed E-state index contributed by atoms with van der Waals surface area (Å²) in [5.74, 6) is 0.721. The van der Waals surface area contributed by atoms with Crippen molar-refractivity contribution in [1.29, 1.82) is 0 Å². The Hall–Kier alpha value is -1.73. The quantitative estimate of drug-likeness (QED) is 0.797. The fourth-order valence-corrected chi connectivity index (χ4v) is 4.58. The van der Waals surface area contributed by atoms with Crippen LogP contribution in [0.1, 0.15) is 31.9 Å². The second kappa shape index (κ2) is 6.46. The summed E-state index contributed by atoms with van der Waals surface area (Å²) < 4.78 is 1.89. The second-order valence-electron chi connectivity index (χ2n) is 7.42. The van der Waals surface area contributed by atoms with Crippen molar-refractivity contribution in [3.8, 4) is 0 Å². The maximum Gasteiger partial charge on any atom is 0.227 e. The topological polar surface area (TPSA) is 59.8 Å². The molecule has 1 aliphatic heterocycles. The summed E-state index contributed by atoms with van der Waals surface area (Å²) in [5, 5.41) is 8.74. The van der Waals surface area contributed by atoms with Gasteiger partial charge in [0.15, 0.2) is 0 Å². The van der Waals surface area contributed by atoms with Crippen LogP contribution >= 0.6 is 23.5 Å². The van der Waals surface area contributed by atoms with Gasteiger partial charge in [-0.15, -0.1) is 16.9 Å². The van der Waals surface area contributed by atoms with Gasteiger partial charge in [-0.25, -0.2) is 4.68 Å². The van der Waals surface area contributed by atoms with Crippen LogP contribution in [0.3, 0.4) is 0 Å². The minimum Gasteiger partial charge on any atom is -0.328 e. The molecular formula is C19H22N4OS2. The Balaban J connectivity index is 1.88. The van der Waals surface area contributed by atoms with E-state index in [1.165, 1.54) is 16.7 Å². The average molecular weight is 387 g/mol. The predicted octanol–water partition coefficient (Wildman–Crippen LogP) is 4.24. The Bertz CT molecular complexity index is 885. The zero-order valence-electron chi connectivity index (χ0n) is 15.3. The number of ketones is 1. The fraction of sp³-hybridized carbons (Fsp3) is 0.421. The largest absolute Gasteiger partial charge is 0.328 e. The molecule has 0 amide bonds. The molecule has 0 fully saturated rings. The maximum atomic E-state index is 13.1. The highest BCUT2D eigenvalue weighted by atomic mass is 32.2. The molecule has 1 aliphatic carbocycles. The third-order valence-electron chi connectivity index (χ3n) is 4.95. The molecule has 0 radical (unpaired) electrons. The first-order valence-electron chi connectivity index (χ1n) is 8.59. The van der Waals surface area contributed by atoms with Crippen LogP contribution in [0.2, 0.25) is 0 Å². The van der Waals surface area contributed by atoms with Crippen molar-refractivity contribution < 1.29 is 4.79 Å².